The summed E-state index contributed by atoms with van der Waals surface area (Å²) in [6.45, 7) is 0.459. The number of hydrogen-bond donors (Lipinski definition) is 1. The fraction of sp³-hybridized carbons (Fsp3) is 0.241. The molecule has 1 fully saturated rings. The van der Waals surface area contributed by atoms with E-state index < -0.39 is 12.1 Å². The van der Waals surface area contributed by atoms with Gasteiger partial charge in [-0.15, -0.1) is 0 Å². The molecule has 1 aromatic heterocycles. The third-order valence-electron chi connectivity index (χ3n) is 7.28. The van der Waals surface area contributed by atoms with E-state index in [-0.39, 0.29) is 18.4 Å². The highest BCUT2D eigenvalue weighted by Gasteiger charge is 2.48. The molecular formula is C29H27N3O4. The number of para-hydroxylation sites is 1. The first kappa shape index (κ1) is 22.2. The molecule has 182 valence electrons. The molecule has 1 N–H and O–H groups in total. The predicted octanol–water partition coefficient (Wildman–Crippen LogP) is 4.07. The molecule has 2 atom stereocenters. The molecule has 0 bridgehead atoms. The van der Waals surface area contributed by atoms with E-state index in [0.717, 1.165) is 33.3 Å². The highest BCUT2D eigenvalue weighted by atomic mass is 16.5. The van der Waals surface area contributed by atoms with E-state index in [1.165, 1.54) is 0 Å². The van der Waals surface area contributed by atoms with Gasteiger partial charge in [-0.2, -0.15) is 0 Å². The van der Waals surface area contributed by atoms with Gasteiger partial charge in [0, 0.05) is 29.6 Å². The molecular weight excluding hydrogens is 454 g/mol. The summed E-state index contributed by atoms with van der Waals surface area (Å²) in [5.74, 6) is 1.09. The monoisotopic (exact) mass is 481 g/mol. The van der Waals surface area contributed by atoms with E-state index >= 15 is 0 Å². The average Bonchev–Trinajstić information content (AvgIpc) is 3.29. The number of methoxy groups -OCH3 is 2. The fourth-order valence-electron chi connectivity index (χ4n) is 5.63. The quantitative estimate of drug-likeness (QED) is 0.466. The highest BCUT2D eigenvalue weighted by Crippen LogP contribution is 2.44. The molecule has 3 heterocycles. The molecule has 1 saturated heterocycles. The van der Waals surface area contributed by atoms with Crippen molar-refractivity contribution in [3.05, 3.63) is 95.2 Å². The molecule has 2 amide bonds. The van der Waals surface area contributed by atoms with Crippen LogP contribution in [-0.4, -0.2) is 53.4 Å². The number of hydrogen-bond acceptors (Lipinski definition) is 4. The lowest BCUT2D eigenvalue weighted by Crippen LogP contribution is -2.62. The third kappa shape index (κ3) is 3.50. The molecule has 0 radical (unpaired) electrons. The maximum atomic E-state index is 13.9. The molecule has 2 aliphatic heterocycles. The zero-order valence-electron chi connectivity index (χ0n) is 20.2. The number of nitrogens with zero attached hydrogens (tertiary/aromatic N) is 2. The molecule has 1 unspecified atom stereocenters. The number of H-pyrrole nitrogens is 1. The molecule has 4 aromatic rings. The Morgan fingerprint density at radius 1 is 0.917 bits per heavy atom. The Kier molecular flexibility index (Phi) is 5.40. The van der Waals surface area contributed by atoms with Gasteiger partial charge < -0.3 is 24.3 Å². The van der Waals surface area contributed by atoms with Gasteiger partial charge in [0.25, 0.3) is 0 Å². The van der Waals surface area contributed by atoms with Crippen molar-refractivity contribution in [3.8, 4) is 11.5 Å². The van der Waals surface area contributed by atoms with Crippen LogP contribution in [0.3, 0.4) is 0 Å². The molecule has 2 aliphatic rings. The Morgan fingerprint density at radius 2 is 1.67 bits per heavy atom. The lowest BCUT2D eigenvalue weighted by Gasteiger charge is -2.47. The van der Waals surface area contributed by atoms with Crippen LogP contribution in [0.5, 0.6) is 11.5 Å². The molecule has 36 heavy (non-hydrogen) atoms. The summed E-state index contributed by atoms with van der Waals surface area (Å²) in [6, 6.07) is 22.6. The first-order chi connectivity index (χ1) is 17.6. The maximum Gasteiger partial charge on any atom is 0.246 e. The van der Waals surface area contributed by atoms with Gasteiger partial charge in [0.1, 0.15) is 12.6 Å². The van der Waals surface area contributed by atoms with Crippen molar-refractivity contribution >= 4 is 22.7 Å². The topological polar surface area (TPSA) is 74.9 Å². The number of ether oxygens (including phenoxy) is 2. The number of carbonyl (C=O) groups excluding carboxylic acids is 2. The summed E-state index contributed by atoms with van der Waals surface area (Å²) >= 11 is 0. The minimum Gasteiger partial charge on any atom is -0.493 e. The van der Waals surface area contributed by atoms with Crippen LogP contribution in [0.15, 0.2) is 72.8 Å². The van der Waals surface area contributed by atoms with Crippen molar-refractivity contribution in [3.63, 3.8) is 0 Å². The lowest BCUT2D eigenvalue weighted by atomic mass is 9.86. The number of fused-ring (bicyclic) bond motifs is 4. The van der Waals surface area contributed by atoms with Gasteiger partial charge in [-0.05, 0) is 34.9 Å². The zero-order valence-corrected chi connectivity index (χ0v) is 20.2. The van der Waals surface area contributed by atoms with Gasteiger partial charge >= 0.3 is 0 Å². The normalized spacial score (nSPS) is 19.3. The molecule has 0 saturated carbocycles. The molecule has 0 spiro atoms. The van der Waals surface area contributed by atoms with Crippen molar-refractivity contribution in [2.45, 2.75) is 25.0 Å². The number of rotatable bonds is 5. The van der Waals surface area contributed by atoms with Crippen molar-refractivity contribution in [1.82, 2.24) is 14.8 Å². The van der Waals surface area contributed by atoms with Gasteiger partial charge in [-0.1, -0.05) is 54.6 Å². The van der Waals surface area contributed by atoms with Crippen molar-refractivity contribution in [1.29, 1.82) is 0 Å². The van der Waals surface area contributed by atoms with E-state index in [9.17, 15) is 9.59 Å². The van der Waals surface area contributed by atoms with Crippen LogP contribution in [0.4, 0.5) is 0 Å². The number of aromatic amines is 1. The van der Waals surface area contributed by atoms with Gasteiger partial charge in [0.05, 0.1) is 20.3 Å². The molecule has 7 nitrogen and oxygen atoms in total. The molecule has 0 aliphatic carbocycles. The molecule has 3 aromatic carbocycles. The Hall–Kier alpha value is -4.26. The van der Waals surface area contributed by atoms with Crippen LogP contribution in [0.25, 0.3) is 10.9 Å². The Morgan fingerprint density at radius 3 is 2.44 bits per heavy atom. The van der Waals surface area contributed by atoms with Crippen LogP contribution in [0.2, 0.25) is 0 Å². The standard InChI is InChI=1S/C29H27N3O4/c1-35-24-13-12-19(14-25(24)36-2)28-27-21(20-10-6-7-11-22(20)30-27)15-23-29(34)31(17-26(33)32(23)28)16-18-8-4-3-5-9-18/h3-14,23,28,30H,15-17H2,1-2H3/t23-,28?/m1/s1. The lowest BCUT2D eigenvalue weighted by molar-refractivity contribution is -0.159. The maximum absolute atomic E-state index is 13.9. The largest absolute Gasteiger partial charge is 0.493 e. The van der Waals surface area contributed by atoms with Gasteiger partial charge in [0.2, 0.25) is 11.8 Å². The molecule has 6 rings (SSSR count). The van der Waals surface area contributed by atoms with Crippen molar-refractivity contribution in [2.24, 2.45) is 0 Å². The number of piperazine rings is 1. The van der Waals surface area contributed by atoms with Crippen molar-refractivity contribution < 1.29 is 19.1 Å². The Labute approximate surface area is 209 Å². The van der Waals surface area contributed by atoms with E-state index in [1.807, 2.05) is 66.7 Å². The first-order valence-corrected chi connectivity index (χ1v) is 12.0. The zero-order chi connectivity index (χ0) is 24.8. The first-order valence-electron chi connectivity index (χ1n) is 12.0. The average molecular weight is 482 g/mol. The Balaban J connectivity index is 1.47. The minimum atomic E-state index is -0.584. The van der Waals surface area contributed by atoms with Crippen LogP contribution < -0.4 is 9.47 Å². The molecule has 7 heteroatoms. The van der Waals surface area contributed by atoms with Crippen molar-refractivity contribution in [2.75, 3.05) is 20.8 Å². The van der Waals surface area contributed by atoms with E-state index in [1.54, 1.807) is 24.0 Å². The smallest absolute Gasteiger partial charge is 0.246 e. The summed E-state index contributed by atoms with van der Waals surface area (Å²) in [5, 5.41) is 1.08. The second kappa shape index (κ2) is 8.75. The SMILES string of the molecule is COc1ccc(C2c3[nH]c4ccccc4c3C[C@@H]3C(=O)N(Cc4ccccc4)CC(=O)N23)cc1OC. The number of nitrogens with one attached hydrogen (secondary N) is 1. The van der Waals surface area contributed by atoms with E-state index in [0.29, 0.717) is 24.5 Å². The summed E-state index contributed by atoms with van der Waals surface area (Å²) in [7, 11) is 3.19. The van der Waals surface area contributed by atoms with Gasteiger partial charge in [0.15, 0.2) is 11.5 Å². The third-order valence-corrected chi connectivity index (χ3v) is 7.28. The number of carbonyl (C=O) groups is 2. The van der Waals surface area contributed by atoms with E-state index in [2.05, 4.69) is 11.1 Å². The second-order valence-corrected chi connectivity index (χ2v) is 9.28. The van der Waals surface area contributed by atoms with Gasteiger partial charge in [-0.3, -0.25) is 9.59 Å². The summed E-state index contributed by atoms with van der Waals surface area (Å²) in [4.78, 5) is 34.6. The number of benzene rings is 3. The number of aromatic nitrogens is 1. The van der Waals surface area contributed by atoms with E-state index in [4.69, 9.17) is 9.47 Å². The second-order valence-electron chi connectivity index (χ2n) is 9.28. The summed E-state index contributed by atoms with van der Waals surface area (Å²) in [5.41, 5.74) is 4.88. The van der Waals surface area contributed by atoms with Gasteiger partial charge in [-0.25, -0.2) is 0 Å². The summed E-state index contributed by atoms with van der Waals surface area (Å²) < 4.78 is 11.0. The number of amides is 2. The minimum absolute atomic E-state index is 0.0279. The Bertz CT molecular complexity index is 1460. The predicted molar refractivity (Wildman–Crippen MR) is 136 cm³/mol. The van der Waals surface area contributed by atoms with Crippen LogP contribution in [0, 0.1) is 0 Å². The highest BCUT2D eigenvalue weighted by molar-refractivity contribution is 5.97. The fourth-order valence-corrected chi connectivity index (χ4v) is 5.63. The van der Waals surface area contributed by atoms with Crippen LogP contribution in [-0.2, 0) is 22.6 Å². The van der Waals surface area contributed by atoms with Crippen LogP contribution >= 0.6 is 0 Å². The summed E-state index contributed by atoms with van der Waals surface area (Å²) in [6.07, 6.45) is 0.471. The van der Waals surface area contributed by atoms with Crippen LogP contribution in [0.1, 0.15) is 28.4 Å².